The van der Waals surface area contributed by atoms with E-state index in [4.69, 9.17) is 23.2 Å². The zero-order chi connectivity index (χ0) is 18.7. The molecule has 6 heteroatoms. The van der Waals surface area contributed by atoms with Crippen molar-refractivity contribution in [3.05, 3.63) is 58.1 Å². The Morgan fingerprint density at radius 1 is 1.00 bits per heavy atom. The number of hydrogen-bond donors (Lipinski definition) is 2. The third-order valence-corrected chi connectivity index (χ3v) is 5.35. The van der Waals surface area contributed by atoms with Gasteiger partial charge in [0.15, 0.2) is 0 Å². The Labute approximate surface area is 162 Å². The van der Waals surface area contributed by atoms with Crippen molar-refractivity contribution in [3.63, 3.8) is 0 Å². The number of benzene rings is 2. The Morgan fingerprint density at radius 2 is 1.73 bits per heavy atom. The van der Waals surface area contributed by atoms with E-state index < -0.39 is 5.41 Å². The molecule has 0 saturated heterocycles. The molecule has 0 spiro atoms. The van der Waals surface area contributed by atoms with Gasteiger partial charge in [-0.2, -0.15) is 0 Å². The van der Waals surface area contributed by atoms with Crippen molar-refractivity contribution >= 4 is 46.4 Å². The van der Waals surface area contributed by atoms with E-state index in [9.17, 15) is 9.59 Å². The molecule has 136 valence electrons. The summed E-state index contributed by atoms with van der Waals surface area (Å²) in [7, 11) is 0. The summed E-state index contributed by atoms with van der Waals surface area (Å²) in [6, 6.07) is 12.5. The molecule has 4 nitrogen and oxygen atoms in total. The number of rotatable bonds is 4. The van der Waals surface area contributed by atoms with Gasteiger partial charge >= 0.3 is 0 Å². The van der Waals surface area contributed by atoms with Crippen LogP contribution in [-0.2, 0) is 15.0 Å². The lowest BCUT2D eigenvalue weighted by molar-refractivity contribution is -0.121. The molecular formula is C20H20Cl2N2O2. The Kier molecular flexibility index (Phi) is 5.54. The van der Waals surface area contributed by atoms with E-state index in [1.165, 1.54) is 6.92 Å². The predicted molar refractivity (Wildman–Crippen MR) is 106 cm³/mol. The maximum atomic E-state index is 13.2. The van der Waals surface area contributed by atoms with E-state index in [2.05, 4.69) is 10.6 Å². The molecule has 26 heavy (non-hydrogen) atoms. The van der Waals surface area contributed by atoms with Gasteiger partial charge in [-0.3, -0.25) is 9.59 Å². The van der Waals surface area contributed by atoms with Crippen molar-refractivity contribution in [2.45, 2.75) is 38.0 Å². The van der Waals surface area contributed by atoms with Gasteiger partial charge in [-0.25, -0.2) is 0 Å². The Bertz CT molecular complexity index is 845. The summed E-state index contributed by atoms with van der Waals surface area (Å²) in [4.78, 5) is 24.3. The molecule has 1 aliphatic carbocycles. The summed E-state index contributed by atoms with van der Waals surface area (Å²) in [6.07, 6.45) is 3.55. The number of anilines is 2. The standard InChI is InChI=1S/C20H20Cl2N2O2/c1-13(25)23-16-7-8-18(17(22)12-16)24-19(26)20(9-2-3-10-20)14-5-4-6-15(21)11-14/h4-8,11-12H,2-3,9-10H2,1H3,(H,23,25)(H,24,26). The van der Waals surface area contributed by atoms with Crippen LogP contribution >= 0.6 is 23.2 Å². The number of nitrogens with one attached hydrogen (secondary N) is 2. The van der Waals surface area contributed by atoms with Crippen LogP contribution in [0.25, 0.3) is 0 Å². The maximum absolute atomic E-state index is 13.2. The number of halogens is 2. The van der Waals surface area contributed by atoms with Crippen molar-refractivity contribution in [3.8, 4) is 0 Å². The second-order valence-electron chi connectivity index (χ2n) is 6.63. The van der Waals surface area contributed by atoms with E-state index in [1.54, 1.807) is 18.2 Å². The van der Waals surface area contributed by atoms with Crippen LogP contribution in [0.15, 0.2) is 42.5 Å². The van der Waals surface area contributed by atoms with Gasteiger partial charge in [-0.15, -0.1) is 0 Å². The van der Waals surface area contributed by atoms with Gasteiger partial charge in [0.1, 0.15) is 0 Å². The summed E-state index contributed by atoms with van der Waals surface area (Å²) in [5, 5.41) is 6.64. The number of amides is 2. The van der Waals surface area contributed by atoms with Gasteiger partial charge in [0.05, 0.1) is 16.1 Å². The molecule has 1 fully saturated rings. The van der Waals surface area contributed by atoms with Crippen LogP contribution in [0.3, 0.4) is 0 Å². The third kappa shape index (κ3) is 3.87. The minimum atomic E-state index is -0.593. The fraction of sp³-hybridized carbons (Fsp3) is 0.300. The van der Waals surface area contributed by atoms with Gasteiger partial charge in [0.2, 0.25) is 11.8 Å². The molecule has 0 aromatic heterocycles. The second kappa shape index (κ2) is 7.68. The first-order valence-electron chi connectivity index (χ1n) is 8.55. The first kappa shape index (κ1) is 18.7. The second-order valence-corrected chi connectivity index (χ2v) is 7.47. The molecule has 1 aliphatic rings. The van der Waals surface area contributed by atoms with Gasteiger partial charge < -0.3 is 10.6 Å². The molecule has 0 radical (unpaired) electrons. The van der Waals surface area contributed by atoms with Crippen molar-refractivity contribution in [2.75, 3.05) is 10.6 Å². The minimum Gasteiger partial charge on any atom is -0.326 e. The average Bonchev–Trinajstić information content (AvgIpc) is 3.08. The van der Waals surface area contributed by atoms with Crippen molar-refractivity contribution in [1.82, 2.24) is 0 Å². The third-order valence-electron chi connectivity index (χ3n) is 4.81. The molecule has 0 aliphatic heterocycles. The van der Waals surface area contributed by atoms with Crippen LogP contribution in [-0.4, -0.2) is 11.8 Å². The molecule has 2 amide bonds. The summed E-state index contributed by atoms with van der Waals surface area (Å²) in [5.74, 6) is -0.254. The number of hydrogen-bond acceptors (Lipinski definition) is 2. The van der Waals surface area contributed by atoms with E-state index in [-0.39, 0.29) is 11.8 Å². The van der Waals surface area contributed by atoms with Crippen molar-refractivity contribution in [1.29, 1.82) is 0 Å². The van der Waals surface area contributed by atoms with E-state index in [0.29, 0.717) is 21.4 Å². The molecule has 0 atom stereocenters. The Morgan fingerprint density at radius 3 is 2.35 bits per heavy atom. The fourth-order valence-electron chi connectivity index (χ4n) is 3.55. The van der Waals surface area contributed by atoms with Gasteiger partial charge in [0, 0.05) is 17.6 Å². The van der Waals surface area contributed by atoms with Gasteiger partial charge in [-0.1, -0.05) is 48.2 Å². The SMILES string of the molecule is CC(=O)Nc1ccc(NC(=O)C2(c3cccc(Cl)c3)CCCC2)c(Cl)c1. The lowest BCUT2D eigenvalue weighted by Gasteiger charge is -2.28. The van der Waals surface area contributed by atoms with Crippen molar-refractivity contribution in [2.24, 2.45) is 0 Å². The first-order valence-corrected chi connectivity index (χ1v) is 9.31. The Balaban J connectivity index is 1.86. The van der Waals surface area contributed by atoms with Crippen LogP contribution < -0.4 is 10.6 Å². The van der Waals surface area contributed by atoms with E-state index >= 15 is 0 Å². The highest BCUT2D eigenvalue weighted by atomic mass is 35.5. The normalized spacial score (nSPS) is 15.5. The molecule has 2 aromatic carbocycles. The molecular weight excluding hydrogens is 371 g/mol. The zero-order valence-electron chi connectivity index (χ0n) is 14.4. The molecule has 1 saturated carbocycles. The highest BCUT2D eigenvalue weighted by Gasteiger charge is 2.42. The van der Waals surface area contributed by atoms with Crippen LogP contribution in [0.2, 0.25) is 10.0 Å². The molecule has 0 unspecified atom stereocenters. The smallest absolute Gasteiger partial charge is 0.235 e. The number of carbonyl (C=O) groups excluding carboxylic acids is 2. The van der Waals surface area contributed by atoms with Gasteiger partial charge in [-0.05, 0) is 48.7 Å². The van der Waals surface area contributed by atoms with Crippen LogP contribution in [0.5, 0.6) is 0 Å². The highest BCUT2D eigenvalue weighted by Crippen LogP contribution is 2.43. The quantitative estimate of drug-likeness (QED) is 0.733. The summed E-state index contributed by atoms with van der Waals surface area (Å²) >= 11 is 12.4. The minimum absolute atomic E-state index is 0.0774. The predicted octanol–water partition coefficient (Wildman–Crippen LogP) is 5.40. The number of carbonyl (C=O) groups is 2. The van der Waals surface area contributed by atoms with Crippen LogP contribution in [0.4, 0.5) is 11.4 Å². The molecule has 0 bridgehead atoms. The van der Waals surface area contributed by atoms with Gasteiger partial charge in [0.25, 0.3) is 0 Å². The lowest BCUT2D eigenvalue weighted by Crippen LogP contribution is -2.38. The maximum Gasteiger partial charge on any atom is 0.235 e. The topological polar surface area (TPSA) is 58.2 Å². The molecule has 2 N–H and O–H groups in total. The highest BCUT2D eigenvalue weighted by molar-refractivity contribution is 6.34. The van der Waals surface area contributed by atoms with Crippen LogP contribution in [0.1, 0.15) is 38.2 Å². The van der Waals surface area contributed by atoms with Crippen molar-refractivity contribution < 1.29 is 9.59 Å². The first-order chi connectivity index (χ1) is 12.4. The summed E-state index contributed by atoms with van der Waals surface area (Å²) in [6.45, 7) is 1.43. The van der Waals surface area contributed by atoms with E-state index in [1.807, 2.05) is 24.3 Å². The lowest BCUT2D eigenvalue weighted by atomic mass is 9.78. The largest absolute Gasteiger partial charge is 0.326 e. The summed E-state index contributed by atoms with van der Waals surface area (Å²) < 4.78 is 0. The average molecular weight is 391 g/mol. The monoisotopic (exact) mass is 390 g/mol. The Hall–Kier alpha value is -2.04. The fourth-order valence-corrected chi connectivity index (χ4v) is 3.97. The molecule has 0 heterocycles. The van der Waals surface area contributed by atoms with Crippen LogP contribution in [0, 0.1) is 0 Å². The van der Waals surface area contributed by atoms with E-state index in [0.717, 1.165) is 31.2 Å². The summed E-state index contributed by atoms with van der Waals surface area (Å²) in [5.41, 5.74) is 1.46. The molecule has 2 aromatic rings. The zero-order valence-corrected chi connectivity index (χ0v) is 16.0. The molecule has 3 rings (SSSR count).